The van der Waals surface area contributed by atoms with E-state index in [0.29, 0.717) is 16.4 Å². The third-order valence-corrected chi connectivity index (χ3v) is 4.60. The molecule has 8 heteroatoms. The van der Waals surface area contributed by atoms with Crippen LogP contribution in [-0.2, 0) is 19.1 Å². The Kier molecular flexibility index (Phi) is 5.46. The summed E-state index contributed by atoms with van der Waals surface area (Å²) < 4.78 is 5.16. The van der Waals surface area contributed by atoms with Crippen molar-refractivity contribution in [3.05, 3.63) is 59.6 Å². The van der Waals surface area contributed by atoms with Gasteiger partial charge in [0.1, 0.15) is 0 Å². The number of amides is 1. The first-order valence-electron chi connectivity index (χ1n) is 8.60. The molecule has 1 amide bonds. The van der Waals surface area contributed by atoms with Gasteiger partial charge in [0.05, 0.1) is 12.3 Å². The lowest BCUT2D eigenvalue weighted by Gasteiger charge is -2.31. The summed E-state index contributed by atoms with van der Waals surface area (Å²) in [5.74, 6) is -2.46. The number of hydrazone groups is 1. The number of ether oxygens (including phenoxy) is 1. The van der Waals surface area contributed by atoms with Crippen molar-refractivity contribution in [1.29, 1.82) is 0 Å². The average Bonchev–Trinajstić information content (AvgIpc) is 2.89. The highest BCUT2D eigenvalue weighted by molar-refractivity contribution is 6.75. The fourth-order valence-corrected chi connectivity index (χ4v) is 3.08. The van der Waals surface area contributed by atoms with Crippen LogP contribution in [0.4, 0.5) is 11.4 Å². The summed E-state index contributed by atoms with van der Waals surface area (Å²) in [5.41, 5.74) is 1.71. The summed E-state index contributed by atoms with van der Waals surface area (Å²) in [6, 6.07) is 15.1. The fourth-order valence-electron chi connectivity index (χ4n) is 2.95. The molecule has 0 spiro atoms. The Bertz CT molecular complexity index is 944. The zero-order valence-electron chi connectivity index (χ0n) is 15.3. The van der Waals surface area contributed by atoms with Crippen LogP contribution in [0.25, 0.3) is 0 Å². The first-order valence-corrected chi connectivity index (χ1v) is 8.98. The molecule has 0 saturated carbocycles. The summed E-state index contributed by atoms with van der Waals surface area (Å²) in [5, 5.41) is 4.64. The first-order chi connectivity index (χ1) is 13.4. The molecule has 1 saturated heterocycles. The Hall–Kier alpha value is -3.19. The number of Topliss-reactive ketones (excluding diaryl/α,β-unsaturated/α-hetero) is 1. The highest BCUT2D eigenvalue weighted by Crippen LogP contribution is 2.33. The van der Waals surface area contributed by atoms with Crippen LogP contribution in [0.5, 0.6) is 0 Å². The van der Waals surface area contributed by atoms with E-state index < -0.39 is 23.2 Å². The number of halogens is 1. The zero-order chi connectivity index (χ0) is 20.3. The maximum atomic E-state index is 12.8. The van der Waals surface area contributed by atoms with Crippen LogP contribution in [0.2, 0.25) is 5.02 Å². The van der Waals surface area contributed by atoms with Gasteiger partial charge in [-0.05, 0) is 50.2 Å². The molecular weight excluding hydrogens is 382 g/mol. The van der Waals surface area contributed by atoms with Gasteiger partial charge < -0.3 is 4.74 Å². The van der Waals surface area contributed by atoms with E-state index in [0.717, 1.165) is 4.90 Å². The Morgan fingerprint density at radius 3 is 2.39 bits per heavy atom. The SMILES string of the molecule is CCOC(=O)[C@]1(C)/C(=N\Nc2ccc(Cl)cc2)C(=O)C(=O)N1c1ccccc1. The minimum Gasteiger partial charge on any atom is -0.464 e. The minimum absolute atomic E-state index is 0.0946. The van der Waals surface area contributed by atoms with Crippen molar-refractivity contribution in [2.45, 2.75) is 19.4 Å². The third kappa shape index (κ3) is 3.36. The first kappa shape index (κ1) is 19.6. The molecular formula is C20H18ClN3O4. The second-order valence-electron chi connectivity index (χ2n) is 6.18. The van der Waals surface area contributed by atoms with Crippen molar-refractivity contribution in [3.8, 4) is 0 Å². The Morgan fingerprint density at radius 2 is 1.79 bits per heavy atom. The predicted molar refractivity (Wildman–Crippen MR) is 106 cm³/mol. The molecule has 0 radical (unpaired) electrons. The number of nitrogens with zero attached hydrogens (tertiary/aromatic N) is 2. The lowest BCUT2D eigenvalue weighted by Crippen LogP contribution is -2.55. The maximum Gasteiger partial charge on any atom is 0.338 e. The standard InChI is InChI=1S/C20H18ClN3O4/c1-3-28-19(27)20(2)17(23-22-14-11-9-13(21)10-12-14)16(25)18(26)24(20)15-7-5-4-6-8-15/h4-12,22H,3H2,1-2H3/b23-17-/t20-/m0/s1. The molecule has 0 aromatic heterocycles. The number of esters is 1. The van der Waals surface area contributed by atoms with Crippen LogP contribution >= 0.6 is 11.6 Å². The number of benzene rings is 2. The van der Waals surface area contributed by atoms with Crippen molar-refractivity contribution in [2.24, 2.45) is 5.10 Å². The Morgan fingerprint density at radius 1 is 1.14 bits per heavy atom. The van der Waals surface area contributed by atoms with Gasteiger partial charge in [-0.1, -0.05) is 29.8 Å². The van der Waals surface area contributed by atoms with Crippen LogP contribution in [0, 0.1) is 0 Å². The lowest BCUT2D eigenvalue weighted by atomic mass is 9.95. The van der Waals surface area contributed by atoms with Gasteiger partial charge in [0.25, 0.3) is 5.78 Å². The summed E-state index contributed by atoms with van der Waals surface area (Å²) in [6.07, 6.45) is 0. The van der Waals surface area contributed by atoms with Crippen molar-refractivity contribution in [3.63, 3.8) is 0 Å². The van der Waals surface area contributed by atoms with Crippen molar-refractivity contribution in [2.75, 3.05) is 16.9 Å². The van der Waals surface area contributed by atoms with E-state index in [1.165, 1.54) is 6.92 Å². The van der Waals surface area contributed by atoms with E-state index in [9.17, 15) is 14.4 Å². The minimum atomic E-state index is -1.70. The molecule has 1 aliphatic rings. The number of rotatable bonds is 5. The second kappa shape index (κ2) is 7.82. The highest BCUT2D eigenvalue weighted by atomic mass is 35.5. The van der Waals surface area contributed by atoms with Crippen LogP contribution in [0.15, 0.2) is 59.7 Å². The zero-order valence-corrected chi connectivity index (χ0v) is 16.1. The van der Waals surface area contributed by atoms with E-state index >= 15 is 0 Å². The molecule has 1 fully saturated rings. The van der Waals surface area contributed by atoms with Crippen LogP contribution < -0.4 is 10.3 Å². The molecule has 0 bridgehead atoms. The topological polar surface area (TPSA) is 88.1 Å². The van der Waals surface area contributed by atoms with E-state index in [-0.39, 0.29) is 12.3 Å². The molecule has 0 aliphatic carbocycles. The number of ketones is 1. The average molecular weight is 400 g/mol. The summed E-state index contributed by atoms with van der Waals surface area (Å²) in [7, 11) is 0. The maximum absolute atomic E-state index is 12.8. The molecule has 1 heterocycles. The van der Waals surface area contributed by atoms with Crippen molar-refractivity contribution < 1.29 is 19.1 Å². The summed E-state index contributed by atoms with van der Waals surface area (Å²) in [4.78, 5) is 39.4. The lowest BCUT2D eigenvalue weighted by molar-refractivity contribution is -0.147. The van der Waals surface area contributed by atoms with E-state index in [4.69, 9.17) is 16.3 Å². The van der Waals surface area contributed by atoms with Gasteiger partial charge in [0.2, 0.25) is 0 Å². The molecule has 1 aliphatic heterocycles. The summed E-state index contributed by atoms with van der Waals surface area (Å²) >= 11 is 5.86. The van der Waals surface area contributed by atoms with Gasteiger partial charge in [0.15, 0.2) is 11.3 Å². The fraction of sp³-hybridized carbons (Fsp3) is 0.200. The molecule has 0 unspecified atom stereocenters. The molecule has 144 valence electrons. The monoisotopic (exact) mass is 399 g/mol. The van der Waals surface area contributed by atoms with Gasteiger partial charge >= 0.3 is 11.9 Å². The molecule has 1 atom stereocenters. The molecule has 1 N–H and O–H groups in total. The Balaban J connectivity index is 2.07. The second-order valence-corrected chi connectivity index (χ2v) is 6.61. The number of carbonyl (C=O) groups excluding carboxylic acids is 3. The quantitative estimate of drug-likeness (QED) is 0.474. The van der Waals surface area contributed by atoms with Gasteiger partial charge in [-0.15, -0.1) is 0 Å². The van der Waals surface area contributed by atoms with Crippen LogP contribution in [0.1, 0.15) is 13.8 Å². The molecule has 2 aromatic rings. The number of hydrogen-bond acceptors (Lipinski definition) is 6. The number of para-hydroxylation sites is 1. The van der Waals surface area contributed by atoms with Crippen molar-refractivity contribution in [1.82, 2.24) is 0 Å². The smallest absolute Gasteiger partial charge is 0.338 e. The van der Waals surface area contributed by atoms with Crippen LogP contribution in [-0.4, -0.2) is 35.5 Å². The number of anilines is 2. The van der Waals surface area contributed by atoms with Gasteiger partial charge in [0, 0.05) is 10.7 Å². The van der Waals surface area contributed by atoms with E-state index in [1.807, 2.05) is 0 Å². The van der Waals surface area contributed by atoms with Crippen molar-refractivity contribution >= 4 is 46.3 Å². The largest absolute Gasteiger partial charge is 0.464 e. The number of carbonyl (C=O) groups is 3. The number of nitrogens with one attached hydrogen (secondary N) is 1. The molecule has 2 aromatic carbocycles. The summed E-state index contributed by atoms with van der Waals surface area (Å²) in [6.45, 7) is 3.19. The van der Waals surface area contributed by atoms with E-state index in [1.54, 1.807) is 61.5 Å². The highest BCUT2D eigenvalue weighted by Gasteiger charge is 2.60. The molecule has 28 heavy (non-hydrogen) atoms. The predicted octanol–water partition coefficient (Wildman–Crippen LogP) is 3.05. The number of hydrogen-bond donors (Lipinski definition) is 1. The van der Waals surface area contributed by atoms with Crippen LogP contribution in [0.3, 0.4) is 0 Å². The van der Waals surface area contributed by atoms with Gasteiger partial charge in [-0.25, -0.2) is 4.79 Å². The molecule has 7 nitrogen and oxygen atoms in total. The van der Waals surface area contributed by atoms with E-state index in [2.05, 4.69) is 10.5 Å². The third-order valence-electron chi connectivity index (χ3n) is 4.35. The Labute approximate surface area is 166 Å². The van der Waals surface area contributed by atoms with Gasteiger partial charge in [-0.3, -0.25) is 19.9 Å². The normalized spacial score (nSPS) is 20.5. The van der Waals surface area contributed by atoms with Gasteiger partial charge in [-0.2, -0.15) is 5.10 Å². The molecule has 3 rings (SSSR count).